The van der Waals surface area contributed by atoms with Gasteiger partial charge < -0.3 is 18.9 Å². The molecule has 0 spiro atoms. The van der Waals surface area contributed by atoms with E-state index in [1.54, 1.807) is 7.11 Å². The highest BCUT2D eigenvalue weighted by atomic mass is 16.8. The lowest BCUT2D eigenvalue weighted by atomic mass is 10.1. The highest BCUT2D eigenvalue weighted by Crippen LogP contribution is 2.33. The summed E-state index contributed by atoms with van der Waals surface area (Å²) in [6.45, 7) is 8.15. The topological polar surface area (TPSA) is 36.9 Å². The van der Waals surface area contributed by atoms with Crippen LogP contribution in [0.3, 0.4) is 0 Å². The van der Waals surface area contributed by atoms with Gasteiger partial charge in [0.25, 0.3) is 0 Å². The van der Waals surface area contributed by atoms with E-state index >= 15 is 0 Å². The molecule has 0 bridgehead atoms. The van der Waals surface area contributed by atoms with Gasteiger partial charge in [-0.25, -0.2) is 0 Å². The van der Waals surface area contributed by atoms with Crippen LogP contribution in [0.25, 0.3) is 0 Å². The van der Waals surface area contributed by atoms with Gasteiger partial charge in [-0.15, -0.1) is 6.58 Å². The molecule has 0 amide bonds. The van der Waals surface area contributed by atoms with Gasteiger partial charge in [0.05, 0.1) is 18.8 Å². The van der Waals surface area contributed by atoms with Crippen LogP contribution >= 0.6 is 0 Å². The molecule has 2 rings (SSSR count). The van der Waals surface area contributed by atoms with Crippen LogP contribution in [0.5, 0.6) is 0 Å². The molecule has 0 aromatic rings. The Labute approximate surface area is 103 Å². The summed E-state index contributed by atoms with van der Waals surface area (Å²) in [5.41, 5.74) is 0. The Bertz CT molecular complexity index is 277. The summed E-state index contributed by atoms with van der Waals surface area (Å²) in [5.74, 6) is -0.511. The first-order chi connectivity index (χ1) is 8.05. The van der Waals surface area contributed by atoms with Crippen molar-refractivity contribution in [2.75, 3.05) is 13.7 Å². The molecule has 2 aliphatic rings. The second-order valence-corrected chi connectivity index (χ2v) is 5.12. The molecule has 2 aliphatic heterocycles. The van der Waals surface area contributed by atoms with Crippen molar-refractivity contribution in [2.45, 2.75) is 56.9 Å². The van der Waals surface area contributed by atoms with Gasteiger partial charge in [0.2, 0.25) is 0 Å². The van der Waals surface area contributed by atoms with Crippen molar-refractivity contribution in [2.24, 2.45) is 0 Å². The van der Waals surface area contributed by atoms with Gasteiger partial charge in [-0.3, -0.25) is 0 Å². The summed E-state index contributed by atoms with van der Waals surface area (Å²) in [4.78, 5) is 0. The van der Waals surface area contributed by atoms with Crippen molar-refractivity contribution in [1.29, 1.82) is 0 Å². The molecule has 0 aromatic heterocycles. The second-order valence-electron chi connectivity index (χ2n) is 5.12. The van der Waals surface area contributed by atoms with Gasteiger partial charge in [0.15, 0.2) is 5.79 Å². The quantitative estimate of drug-likeness (QED) is 0.705. The summed E-state index contributed by atoms with van der Waals surface area (Å²) < 4.78 is 22.9. The van der Waals surface area contributed by atoms with Crippen molar-refractivity contribution < 1.29 is 18.9 Å². The number of methoxy groups -OCH3 is 1. The van der Waals surface area contributed by atoms with Crippen molar-refractivity contribution in [1.82, 2.24) is 0 Å². The fourth-order valence-electron chi connectivity index (χ4n) is 2.53. The zero-order valence-electron chi connectivity index (χ0n) is 10.8. The van der Waals surface area contributed by atoms with E-state index in [1.807, 2.05) is 19.9 Å². The highest BCUT2D eigenvalue weighted by Gasteiger charge is 2.46. The van der Waals surface area contributed by atoms with Gasteiger partial charge in [0.1, 0.15) is 12.2 Å². The number of rotatable bonds is 4. The summed E-state index contributed by atoms with van der Waals surface area (Å²) in [7, 11) is 1.72. The Morgan fingerprint density at radius 2 is 2.24 bits per heavy atom. The Balaban J connectivity index is 1.97. The van der Waals surface area contributed by atoms with Crippen LogP contribution in [-0.2, 0) is 18.9 Å². The van der Waals surface area contributed by atoms with E-state index in [-0.39, 0.29) is 24.4 Å². The molecule has 0 aliphatic carbocycles. The third kappa shape index (κ3) is 2.88. The standard InChI is InChI=1S/C13H22O4/c1-5-6-9-7-10(14-4)12(16-9)11-8-15-13(2,3)17-11/h5,9-12H,1,6-8H2,2-4H3. The van der Waals surface area contributed by atoms with E-state index in [4.69, 9.17) is 18.9 Å². The lowest BCUT2D eigenvalue weighted by Gasteiger charge is -2.24. The largest absolute Gasteiger partial charge is 0.379 e. The van der Waals surface area contributed by atoms with E-state index in [9.17, 15) is 0 Å². The lowest BCUT2D eigenvalue weighted by Crippen LogP contribution is -2.38. The van der Waals surface area contributed by atoms with Gasteiger partial charge >= 0.3 is 0 Å². The molecule has 0 radical (unpaired) electrons. The lowest BCUT2D eigenvalue weighted by molar-refractivity contribution is -0.162. The molecule has 4 heteroatoms. The second kappa shape index (κ2) is 5.06. The maximum Gasteiger partial charge on any atom is 0.163 e. The maximum atomic E-state index is 5.98. The predicted molar refractivity (Wildman–Crippen MR) is 63.8 cm³/mol. The first kappa shape index (κ1) is 13.0. The molecule has 98 valence electrons. The van der Waals surface area contributed by atoms with Crippen LogP contribution in [0.4, 0.5) is 0 Å². The summed E-state index contributed by atoms with van der Waals surface area (Å²) in [5, 5.41) is 0. The summed E-state index contributed by atoms with van der Waals surface area (Å²) >= 11 is 0. The van der Waals surface area contributed by atoms with Gasteiger partial charge in [0, 0.05) is 13.5 Å². The normalized spacial score (nSPS) is 40.6. The van der Waals surface area contributed by atoms with Crippen molar-refractivity contribution in [3.63, 3.8) is 0 Å². The molecule has 0 saturated carbocycles. The zero-order valence-corrected chi connectivity index (χ0v) is 10.8. The average Bonchev–Trinajstić information content (AvgIpc) is 2.82. The van der Waals surface area contributed by atoms with E-state index in [0.717, 1.165) is 12.8 Å². The molecule has 2 heterocycles. The van der Waals surface area contributed by atoms with Crippen LogP contribution in [0.2, 0.25) is 0 Å². The minimum Gasteiger partial charge on any atom is -0.379 e. The smallest absolute Gasteiger partial charge is 0.163 e. The first-order valence-electron chi connectivity index (χ1n) is 6.16. The Morgan fingerprint density at radius 3 is 2.76 bits per heavy atom. The van der Waals surface area contributed by atoms with Crippen LogP contribution in [0, 0.1) is 0 Å². The van der Waals surface area contributed by atoms with Crippen LogP contribution < -0.4 is 0 Å². The highest BCUT2D eigenvalue weighted by molar-refractivity contribution is 4.93. The number of hydrogen-bond donors (Lipinski definition) is 0. The first-order valence-corrected chi connectivity index (χ1v) is 6.16. The Morgan fingerprint density at radius 1 is 1.47 bits per heavy atom. The molecule has 2 saturated heterocycles. The van der Waals surface area contributed by atoms with E-state index in [2.05, 4.69) is 6.58 Å². The minimum atomic E-state index is -0.511. The van der Waals surface area contributed by atoms with Crippen molar-refractivity contribution in [3.05, 3.63) is 12.7 Å². The molecule has 17 heavy (non-hydrogen) atoms. The fraction of sp³-hybridized carbons (Fsp3) is 0.846. The monoisotopic (exact) mass is 242 g/mol. The van der Waals surface area contributed by atoms with E-state index in [1.165, 1.54) is 0 Å². The SMILES string of the molecule is C=CCC1CC(OC)C(C2COC(C)(C)O2)O1. The molecule has 4 atom stereocenters. The van der Waals surface area contributed by atoms with Gasteiger partial charge in [-0.05, 0) is 20.3 Å². The third-order valence-corrected chi connectivity index (χ3v) is 3.34. The zero-order chi connectivity index (χ0) is 12.5. The number of ether oxygens (including phenoxy) is 4. The van der Waals surface area contributed by atoms with E-state index < -0.39 is 5.79 Å². The number of hydrogen-bond acceptors (Lipinski definition) is 4. The molecule has 4 nitrogen and oxygen atoms in total. The minimum absolute atomic E-state index is 0.0354. The Hall–Kier alpha value is -0.420. The average molecular weight is 242 g/mol. The van der Waals surface area contributed by atoms with Crippen LogP contribution in [0.15, 0.2) is 12.7 Å². The summed E-state index contributed by atoms with van der Waals surface area (Å²) in [6, 6.07) is 0. The molecule has 4 unspecified atom stereocenters. The maximum absolute atomic E-state index is 5.98. The Kier molecular flexibility index (Phi) is 3.88. The third-order valence-electron chi connectivity index (χ3n) is 3.34. The molecular weight excluding hydrogens is 220 g/mol. The van der Waals surface area contributed by atoms with E-state index in [0.29, 0.717) is 6.61 Å². The summed E-state index contributed by atoms with van der Waals surface area (Å²) in [6.07, 6.45) is 3.84. The molecule has 2 fully saturated rings. The van der Waals surface area contributed by atoms with Gasteiger partial charge in [-0.2, -0.15) is 0 Å². The van der Waals surface area contributed by atoms with Crippen molar-refractivity contribution >= 4 is 0 Å². The van der Waals surface area contributed by atoms with Crippen LogP contribution in [0.1, 0.15) is 26.7 Å². The van der Waals surface area contributed by atoms with Crippen molar-refractivity contribution in [3.8, 4) is 0 Å². The van der Waals surface area contributed by atoms with Gasteiger partial charge in [-0.1, -0.05) is 6.08 Å². The van der Waals surface area contributed by atoms with Crippen LogP contribution in [-0.4, -0.2) is 43.9 Å². The fourth-order valence-corrected chi connectivity index (χ4v) is 2.53. The molecular formula is C13H22O4. The predicted octanol–water partition coefficient (Wildman–Crippen LogP) is 1.89. The molecule has 0 aromatic carbocycles. The molecule has 0 N–H and O–H groups in total.